The second-order valence-corrected chi connectivity index (χ2v) is 11.3. The lowest BCUT2D eigenvalue weighted by atomic mass is 9.79. The van der Waals surface area contributed by atoms with Gasteiger partial charge in [0.25, 0.3) is 5.91 Å². The van der Waals surface area contributed by atoms with Gasteiger partial charge in [0.15, 0.2) is 0 Å². The lowest BCUT2D eigenvalue weighted by Gasteiger charge is -2.39. The van der Waals surface area contributed by atoms with Crippen molar-refractivity contribution in [1.82, 2.24) is 9.88 Å². The predicted octanol–water partition coefficient (Wildman–Crippen LogP) is 5.89. The molecular weight excluding hydrogens is 384 g/mol. The first kappa shape index (κ1) is 21.9. The van der Waals surface area contributed by atoms with E-state index in [4.69, 9.17) is 4.74 Å². The predicted molar refractivity (Wildman–Crippen MR) is 125 cm³/mol. The Morgan fingerprint density at radius 1 is 0.935 bits per heavy atom. The second kappa shape index (κ2) is 7.96. The summed E-state index contributed by atoms with van der Waals surface area (Å²) in [4.78, 5) is 20.2. The number of carbonyl (C=O) groups excluding carboxylic acids is 1. The molecule has 0 spiro atoms. The fourth-order valence-electron chi connectivity index (χ4n) is 4.91. The zero-order chi connectivity index (χ0) is 22.4. The monoisotopic (exact) mass is 420 g/mol. The first-order chi connectivity index (χ1) is 14.5. The van der Waals surface area contributed by atoms with Crippen LogP contribution in [-0.4, -0.2) is 34.0 Å². The number of pyridine rings is 1. The normalized spacial score (nSPS) is 23.7. The van der Waals surface area contributed by atoms with Crippen molar-refractivity contribution < 1.29 is 9.53 Å². The summed E-state index contributed by atoms with van der Waals surface area (Å²) in [5.41, 5.74) is 3.28. The van der Waals surface area contributed by atoms with Crippen molar-refractivity contribution in [3.05, 3.63) is 59.3 Å². The zero-order valence-corrected chi connectivity index (χ0v) is 19.8. The van der Waals surface area contributed by atoms with Crippen LogP contribution < -0.4 is 4.74 Å². The average molecular weight is 421 g/mol. The highest BCUT2D eigenvalue weighted by molar-refractivity contribution is 5.95. The molecule has 4 heteroatoms. The molecule has 2 bridgehead atoms. The number of amides is 1. The molecule has 2 unspecified atom stereocenters. The van der Waals surface area contributed by atoms with Gasteiger partial charge in [-0.2, -0.15) is 0 Å². The molecule has 3 heterocycles. The van der Waals surface area contributed by atoms with Crippen LogP contribution in [0.15, 0.2) is 42.6 Å². The van der Waals surface area contributed by atoms with E-state index in [2.05, 4.69) is 69.6 Å². The molecule has 1 amide bonds. The van der Waals surface area contributed by atoms with Crippen molar-refractivity contribution in [2.75, 3.05) is 0 Å². The smallest absolute Gasteiger partial charge is 0.254 e. The number of piperidine rings is 1. The Kier molecular flexibility index (Phi) is 5.61. The van der Waals surface area contributed by atoms with Crippen LogP contribution in [0.25, 0.3) is 0 Å². The molecule has 0 radical (unpaired) electrons. The molecule has 2 aromatic rings. The molecule has 0 N–H and O–H groups in total. The summed E-state index contributed by atoms with van der Waals surface area (Å²) < 4.78 is 6.15. The molecule has 0 saturated carbocycles. The van der Waals surface area contributed by atoms with Gasteiger partial charge < -0.3 is 9.64 Å². The number of hydrogen-bond donors (Lipinski definition) is 0. The highest BCUT2D eigenvalue weighted by atomic mass is 16.5. The first-order valence-electron chi connectivity index (χ1n) is 11.6. The van der Waals surface area contributed by atoms with Gasteiger partial charge in [-0.05, 0) is 53.0 Å². The number of hydrogen-bond acceptors (Lipinski definition) is 3. The lowest BCUT2D eigenvalue weighted by molar-refractivity contribution is 0.0348. The Hall–Kier alpha value is -2.36. The van der Waals surface area contributed by atoms with Gasteiger partial charge in [0, 0.05) is 42.8 Å². The molecule has 2 aliphatic heterocycles. The van der Waals surface area contributed by atoms with Gasteiger partial charge in [-0.3, -0.25) is 4.79 Å². The summed E-state index contributed by atoms with van der Waals surface area (Å²) in [5.74, 6) is 0.861. The summed E-state index contributed by atoms with van der Waals surface area (Å²) in [5, 5.41) is 0. The summed E-state index contributed by atoms with van der Waals surface area (Å²) in [6.07, 6.45) is 5.76. The zero-order valence-electron chi connectivity index (χ0n) is 19.8. The molecule has 2 fully saturated rings. The Labute approximate surface area is 187 Å². The Bertz CT molecular complexity index is 894. The van der Waals surface area contributed by atoms with Gasteiger partial charge in [-0.25, -0.2) is 4.98 Å². The van der Waals surface area contributed by atoms with E-state index in [0.29, 0.717) is 5.88 Å². The van der Waals surface area contributed by atoms with E-state index in [1.807, 2.05) is 18.2 Å². The van der Waals surface area contributed by atoms with Crippen LogP contribution >= 0.6 is 0 Å². The van der Waals surface area contributed by atoms with E-state index in [9.17, 15) is 4.79 Å². The van der Waals surface area contributed by atoms with E-state index in [1.54, 1.807) is 6.20 Å². The van der Waals surface area contributed by atoms with Crippen molar-refractivity contribution in [2.24, 2.45) is 0 Å². The minimum Gasteiger partial charge on any atom is -0.474 e. The number of ether oxygens (including phenoxy) is 1. The minimum atomic E-state index is -0.00120. The molecule has 4 rings (SSSR count). The number of carbonyl (C=O) groups is 1. The largest absolute Gasteiger partial charge is 0.474 e. The van der Waals surface area contributed by atoms with Crippen molar-refractivity contribution in [1.29, 1.82) is 0 Å². The molecular formula is C27H36N2O2. The van der Waals surface area contributed by atoms with Crippen LogP contribution in [0.5, 0.6) is 5.88 Å². The van der Waals surface area contributed by atoms with Crippen LogP contribution in [0.2, 0.25) is 0 Å². The van der Waals surface area contributed by atoms with Crippen molar-refractivity contribution >= 4 is 5.91 Å². The van der Waals surface area contributed by atoms with Crippen molar-refractivity contribution in [2.45, 2.75) is 96.2 Å². The molecule has 2 atom stereocenters. The molecule has 1 aromatic carbocycles. The third-order valence-corrected chi connectivity index (χ3v) is 6.76. The van der Waals surface area contributed by atoms with Gasteiger partial charge in [-0.15, -0.1) is 0 Å². The number of aromatic nitrogens is 1. The van der Waals surface area contributed by atoms with Gasteiger partial charge in [0.05, 0.1) is 0 Å². The van der Waals surface area contributed by atoms with Gasteiger partial charge >= 0.3 is 0 Å². The topological polar surface area (TPSA) is 42.4 Å². The maximum absolute atomic E-state index is 13.8. The molecule has 2 aliphatic rings. The quantitative estimate of drug-likeness (QED) is 0.622. The van der Waals surface area contributed by atoms with Crippen molar-refractivity contribution in [3.8, 4) is 5.88 Å². The molecule has 166 valence electrons. The van der Waals surface area contributed by atoms with Gasteiger partial charge in [-0.1, -0.05) is 53.7 Å². The van der Waals surface area contributed by atoms with E-state index >= 15 is 0 Å². The second-order valence-electron chi connectivity index (χ2n) is 11.3. The summed E-state index contributed by atoms with van der Waals surface area (Å²) in [7, 11) is 0. The van der Waals surface area contributed by atoms with Crippen LogP contribution in [0.4, 0.5) is 0 Å². The van der Waals surface area contributed by atoms with Crippen LogP contribution in [0, 0.1) is 0 Å². The lowest BCUT2D eigenvalue weighted by Crippen LogP contribution is -2.49. The van der Waals surface area contributed by atoms with E-state index in [-0.39, 0.29) is 34.9 Å². The van der Waals surface area contributed by atoms with Gasteiger partial charge in [0.1, 0.15) is 6.10 Å². The van der Waals surface area contributed by atoms with E-state index in [1.165, 1.54) is 11.1 Å². The minimum absolute atomic E-state index is 0.00120. The summed E-state index contributed by atoms with van der Waals surface area (Å²) >= 11 is 0. The summed E-state index contributed by atoms with van der Waals surface area (Å²) in [6.45, 7) is 13.3. The van der Waals surface area contributed by atoms with Crippen LogP contribution in [0.3, 0.4) is 0 Å². The number of benzene rings is 1. The molecule has 0 aliphatic carbocycles. The highest BCUT2D eigenvalue weighted by Gasteiger charge is 2.44. The first-order valence-corrected chi connectivity index (χ1v) is 11.6. The Morgan fingerprint density at radius 2 is 1.52 bits per heavy atom. The third kappa shape index (κ3) is 4.63. The maximum atomic E-state index is 13.8. The maximum Gasteiger partial charge on any atom is 0.254 e. The average Bonchev–Trinajstić information content (AvgIpc) is 2.97. The highest BCUT2D eigenvalue weighted by Crippen LogP contribution is 2.39. The SMILES string of the molecule is CC(C)(C)c1cc(C(=O)N2C3CCC2CC(Oc2ccccn2)C3)cc(C(C)(C)C)c1. The molecule has 2 saturated heterocycles. The van der Waals surface area contributed by atoms with E-state index < -0.39 is 0 Å². The molecule has 31 heavy (non-hydrogen) atoms. The Morgan fingerprint density at radius 3 is 2.00 bits per heavy atom. The van der Waals surface area contributed by atoms with Crippen LogP contribution in [0.1, 0.15) is 88.7 Å². The van der Waals surface area contributed by atoms with Gasteiger partial charge in [0.2, 0.25) is 5.88 Å². The Balaban J connectivity index is 1.58. The number of fused-ring (bicyclic) bond motifs is 2. The molecule has 1 aromatic heterocycles. The third-order valence-electron chi connectivity index (χ3n) is 6.76. The standard InChI is InChI=1S/C27H36N2O2/c1-26(2,3)19-13-18(14-20(15-19)27(4,5)6)25(30)29-21-10-11-22(29)17-23(16-21)31-24-9-7-8-12-28-24/h7-9,12-15,21-23H,10-11,16-17H2,1-6H3. The van der Waals surface area contributed by atoms with E-state index in [0.717, 1.165) is 31.2 Å². The number of rotatable bonds is 3. The number of nitrogens with zero attached hydrogens (tertiary/aromatic N) is 2. The van der Waals surface area contributed by atoms with Crippen molar-refractivity contribution in [3.63, 3.8) is 0 Å². The fourth-order valence-corrected chi connectivity index (χ4v) is 4.91. The fraction of sp³-hybridized carbons (Fsp3) is 0.556. The van der Waals surface area contributed by atoms with Crippen LogP contribution in [-0.2, 0) is 10.8 Å². The summed E-state index contributed by atoms with van der Waals surface area (Å²) in [6, 6.07) is 12.8. The molecule has 4 nitrogen and oxygen atoms in total.